The van der Waals surface area contributed by atoms with Crippen LogP contribution in [0.25, 0.3) is 5.69 Å². The molecule has 8 nitrogen and oxygen atoms in total. The van der Waals surface area contributed by atoms with Gasteiger partial charge in [0.1, 0.15) is 12.4 Å². The molecule has 0 saturated carbocycles. The molecule has 158 valence electrons. The van der Waals surface area contributed by atoms with Crippen molar-refractivity contribution >= 4 is 17.7 Å². The highest BCUT2D eigenvalue weighted by atomic mass is 32.2. The molecule has 1 N–H and O–H groups in total. The lowest BCUT2D eigenvalue weighted by atomic mass is 10.1. The molecule has 3 rings (SSSR count). The van der Waals surface area contributed by atoms with Crippen LogP contribution in [-0.2, 0) is 4.74 Å². The van der Waals surface area contributed by atoms with Gasteiger partial charge in [-0.2, -0.15) is 4.68 Å². The molecule has 0 saturated heterocycles. The molecule has 1 heterocycles. The number of aromatic nitrogens is 4. The van der Waals surface area contributed by atoms with Crippen molar-refractivity contribution in [1.29, 1.82) is 0 Å². The Morgan fingerprint density at radius 1 is 1.20 bits per heavy atom. The Morgan fingerprint density at radius 3 is 2.70 bits per heavy atom. The number of aryl methyl sites for hydroxylation is 1. The van der Waals surface area contributed by atoms with Gasteiger partial charge in [-0.1, -0.05) is 23.9 Å². The predicted molar refractivity (Wildman–Crippen MR) is 113 cm³/mol. The van der Waals surface area contributed by atoms with Crippen molar-refractivity contribution in [1.82, 2.24) is 20.2 Å². The number of hydrogen-bond acceptors (Lipinski definition) is 8. The fraction of sp³-hybridized carbons (Fsp3) is 0.333. The predicted octanol–water partition coefficient (Wildman–Crippen LogP) is 2.99. The Hall–Kier alpha value is -2.91. The normalized spacial score (nSPS) is 11.9. The van der Waals surface area contributed by atoms with Gasteiger partial charge >= 0.3 is 5.97 Å². The molecule has 0 aliphatic heterocycles. The SMILES string of the molecule is CCOC(=O)c1ccc(OCC(O)CSc2nnnn2-c2cccc(C)c2C)cc1. The second-order valence-electron chi connectivity index (χ2n) is 6.61. The van der Waals surface area contributed by atoms with E-state index in [0.29, 0.717) is 28.8 Å². The second-order valence-corrected chi connectivity index (χ2v) is 7.60. The zero-order valence-corrected chi connectivity index (χ0v) is 17.9. The Bertz CT molecular complexity index is 991. The number of tetrazole rings is 1. The number of aliphatic hydroxyl groups excluding tert-OH is 1. The number of nitrogens with zero attached hydrogens (tertiary/aromatic N) is 4. The number of rotatable bonds is 9. The van der Waals surface area contributed by atoms with E-state index in [-0.39, 0.29) is 12.6 Å². The van der Waals surface area contributed by atoms with Crippen LogP contribution in [0.1, 0.15) is 28.4 Å². The number of ether oxygens (including phenoxy) is 2. The Balaban J connectivity index is 1.53. The molecule has 2 aromatic carbocycles. The molecule has 30 heavy (non-hydrogen) atoms. The van der Waals surface area contributed by atoms with Crippen molar-refractivity contribution in [3.8, 4) is 11.4 Å². The topological polar surface area (TPSA) is 99.4 Å². The summed E-state index contributed by atoms with van der Waals surface area (Å²) >= 11 is 1.35. The van der Waals surface area contributed by atoms with Crippen LogP contribution in [0.2, 0.25) is 0 Å². The van der Waals surface area contributed by atoms with E-state index in [4.69, 9.17) is 9.47 Å². The smallest absolute Gasteiger partial charge is 0.338 e. The van der Waals surface area contributed by atoms with E-state index in [1.165, 1.54) is 11.8 Å². The molecule has 0 bridgehead atoms. The molecule has 1 aromatic heterocycles. The standard InChI is InChI=1S/C21H24N4O4S/c1-4-28-20(27)16-8-10-18(11-9-16)29-12-17(26)13-30-21-22-23-24-25(21)19-7-5-6-14(2)15(19)3/h5-11,17,26H,4,12-13H2,1-3H3. The summed E-state index contributed by atoms with van der Waals surface area (Å²) in [5.41, 5.74) is 3.62. The fourth-order valence-corrected chi connectivity index (χ4v) is 3.49. The largest absolute Gasteiger partial charge is 0.491 e. The molecule has 0 amide bonds. The molecule has 9 heteroatoms. The summed E-state index contributed by atoms with van der Waals surface area (Å²) in [7, 11) is 0. The molecule has 0 aliphatic rings. The summed E-state index contributed by atoms with van der Waals surface area (Å²) in [6.07, 6.45) is -0.719. The average Bonchev–Trinajstić information content (AvgIpc) is 3.21. The van der Waals surface area contributed by atoms with Crippen LogP contribution >= 0.6 is 11.8 Å². The first-order valence-corrected chi connectivity index (χ1v) is 10.5. The van der Waals surface area contributed by atoms with E-state index in [9.17, 15) is 9.90 Å². The summed E-state index contributed by atoms with van der Waals surface area (Å²) in [6, 6.07) is 12.6. The minimum Gasteiger partial charge on any atom is -0.491 e. The minimum absolute atomic E-state index is 0.108. The van der Waals surface area contributed by atoms with Gasteiger partial charge in [0.25, 0.3) is 0 Å². The Kier molecular flexibility index (Phi) is 7.42. The molecule has 1 atom stereocenters. The second kappa shape index (κ2) is 10.2. The van der Waals surface area contributed by atoms with Gasteiger partial charge in [-0.25, -0.2) is 4.79 Å². The summed E-state index contributed by atoms with van der Waals surface area (Å²) in [6.45, 7) is 6.26. The number of aliphatic hydroxyl groups is 1. The summed E-state index contributed by atoms with van der Waals surface area (Å²) in [4.78, 5) is 11.7. The van der Waals surface area contributed by atoms with Crippen LogP contribution in [-0.4, -0.2) is 56.4 Å². The van der Waals surface area contributed by atoms with Crippen molar-refractivity contribution in [2.45, 2.75) is 32.0 Å². The van der Waals surface area contributed by atoms with Crippen molar-refractivity contribution < 1.29 is 19.4 Å². The van der Waals surface area contributed by atoms with Crippen molar-refractivity contribution in [2.24, 2.45) is 0 Å². The van der Waals surface area contributed by atoms with Gasteiger partial charge in [0.15, 0.2) is 0 Å². The van der Waals surface area contributed by atoms with Crippen LogP contribution in [0.15, 0.2) is 47.6 Å². The maximum atomic E-state index is 11.7. The monoisotopic (exact) mass is 428 g/mol. The van der Waals surface area contributed by atoms with E-state index < -0.39 is 6.10 Å². The first-order chi connectivity index (χ1) is 14.5. The maximum absolute atomic E-state index is 11.7. The van der Waals surface area contributed by atoms with E-state index in [1.54, 1.807) is 35.9 Å². The highest BCUT2D eigenvalue weighted by Gasteiger charge is 2.15. The number of benzene rings is 2. The average molecular weight is 429 g/mol. The molecular formula is C21H24N4O4S. The quantitative estimate of drug-likeness (QED) is 0.410. The molecule has 0 radical (unpaired) electrons. The van der Waals surface area contributed by atoms with Gasteiger partial charge in [0.2, 0.25) is 5.16 Å². The lowest BCUT2D eigenvalue weighted by Gasteiger charge is -2.13. The summed E-state index contributed by atoms with van der Waals surface area (Å²) < 4.78 is 12.2. The molecule has 0 aliphatic carbocycles. The van der Waals surface area contributed by atoms with Gasteiger partial charge in [-0.05, 0) is 72.7 Å². The highest BCUT2D eigenvalue weighted by Crippen LogP contribution is 2.23. The maximum Gasteiger partial charge on any atom is 0.338 e. The van der Waals surface area contributed by atoms with Gasteiger partial charge in [-0.15, -0.1) is 5.10 Å². The van der Waals surface area contributed by atoms with Gasteiger partial charge in [-0.3, -0.25) is 0 Å². The third-order valence-corrected chi connectivity index (χ3v) is 5.52. The summed E-state index contributed by atoms with van der Waals surface area (Å²) in [5.74, 6) is 0.556. The van der Waals surface area contributed by atoms with Gasteiger partial charge < -0.3 is 14.6 Å². The third-order valence-electron chi connectivity index (χ3n) is 4.46. The van der Waals surface area contributed by atoms with Crippen LogP contribution in [0.4, 0.5) is 0 Å². The van der Waals surface area contributed by atoms with Crippen molar-refractivity contribution in [3.05, 3.63) is 59.2 Å². The molecule has 1 unspecified atom stereocenters. The third kappa shape index (κ3) is 5.37. The van der Waals surface area contributed by atoms with Crippen LogP contribution in [0.3, 0.4) is 0 Å². The Labute approximate surface area is 179 Å². The van der Waals surface area contributed by atoms with E-state index >= 15 is 0 Å². The van der Waals surface area contributed by atoms with Crippen molar-refractivity contribution in [2.75, 3.05) is 19.0 Å². The lowest BCUT2D eigenvalue weighted by Crippen LogP contribution is -2.20. The molecular weight excluding hydrogens is 404 g/mol. The van der Waals surface area contributed by atoms with E-state index in [2.05, 4.69) is 15.5 Å². The molecule has 3 aromatic rings. The zero-order chi connectivity index (χ0) is 21.5. The number of thioether (sulfide) groups is 1. The number of carbonyl (C=O) groups is 1. The number of esters is 1. The molecule has 0 fully saturated rings. The van der Waals surface area contributed by atoms with Crippen LogP contribution in [0, 0.1) is 13.8 Å². The van der Waals surface area contributed by atoms with Crippen LogP contribution in [0.5, 0.6) is 5.75 Å². The van der Waals surface area contributed by atoms with Gasteiger partial charge in [0, 0.05) is 5.75 Å². The fourth-order valence-electron chi connectivity index (χ4n) is 2.70. The summed E-state index contributed by atoms with van der Waals surface area (Å²) in [5, 5.41) is 22.8. The zero-order valence-electron chi connectivity index (χ0n) is 17.1. The molecule has 0 spiro atoms. The first kappa shape index (κ1) is 21.8. The minimum atomic E-state index is -0.719. The highest BCUT2D eigenvalue weighted by molar-refractivity contribution is 7.99. The van der Waals surface area contributed by atoms with Crippen LogP contribution < -0.4 is 4.74 Å². The first-order valence-electron chi connectivity index (χ1n) is 9.55. The number of hydrogen-bond donors (Lipinski definition) is 1. The lowest BCUT2D eigenvalue weighted by molar-refractivity contribution is 0.0526. The van der Waals surface area contributed by atoms with E-state index in [0.717, 1.165) is 16.8 Å². The van der Waals surface area contributed by atoms with Crippen molar-refractivity contribution in [3.63, 3.8) is 0 Å². The van der Waals surface area contributed by atoms with E-state index in [1.807, 2.05) is 32.0 Å². The van der Waals surface area contributed by atoms with Gasteiger partial charge in [0.05, 0.1) is 24.0 Å². The Morgan fingerprint density at radius 2 is 1.97 bits per heavy atom. The number of carbonyl (C=O) groups excluding carboxylic acids is 1.